The van der Waals surface area contributed by atoms with Crippen LogP contribution in [0.25, 0.3) is 0 Å². The number of carboxylic acid groups (broad SMARTS) is 1. The molecule has 1 aliphatic carbocycles. The SMILES string of the molecule is CCNS(=O)(=O)c1cccc(CNC(=O)NC2CCC(C(=O)O)CC2)c1. The summed E-state index contributed by atoms with van der Waals surface area (Å²) in [7, 11) is -3.53. The number of benzene rings is 1. The molecule has 0 spiro atoms. The average molecular weight is 383 g/mol. The molecule has 0 aromatic heterocycles. The smallest absolute Gasteiger partial charge is 0.315 e. The van der Waals surface area contributed by atoms with E-state index in [1.807, 2.05) is 0 Å². The van der Waals surface area contributed by atoms with Crippen LogP contribution in [0.4, 0.5) is 4.79 Å². The maximum Gasteiger partial charge on any atom is 0.315 e. The molecule has 1 aliphatic rings. The second kappa shape index (κ2) is 9.00. The molecule has 1 aromatic carbocycles. The van der Waals surface area contributed by atoms with Gasteiger partial charge in [-0.15, -0.1) is 0 Å². The molecule has 0 atom stereocenters. The fraction of sp³-hybridized carbons (Fsp3) is 0.529. The van der Waals surface area contributed by atoms with Gasteiger partial charge in [-0.2, -0.15) is 0 Å². The van der Waals surface area contributed by atoms with E-state index in [0.29, 0.717) is 37.8 Å². The summed E-state index contributed by atoms with van der Waals surface area (Å²) in [5.74, 6) is -1.10. The zero-order valence-electron chi connectivity index (χ0n) is 14.7. The van der Waals surface area contributed by atoms with Gasteiger partial charge < -0.3 is 15.7 Å². The first-order chi connectivity index (χ1) is 12.3. The van der Waals surface area contributed by atoms with E-state index in [-0.39, 0.29) is 29.4 Å². The van der Waals surface area contributed by atoms with Crippen LogP contribution in [-0.4, -0.2) is 38.1 Å². The van der Waals surface area contributed by atoms with Gasteiger partial charge in [-0.3, -0.25) is 4.79 Å². The summed E-state index contributed by atoms with van der Waals surface area (Å²) in [5, 5.41) is 14.5. The lowest BCUT2D eigenvalue weighted by molar-refractivity contribution is -0.142. The van der Waals surface area contributed by atoms with E-state index in [0.717, 1.165) is 0 Å². The molecule has 2 rings (SSSR count). The van der Waals surface area contributed by atoms with Gasteiger partial charge in [-0.1, -0.05) is 19.1 Å². The highest BCUT2D eigenvalue weighted by molar-refractivity contribution is 7.89. The zero-order valence-corrected chi connectivity index (χ0v) is 15.5. The molecule has 8 nitrogen and oxygen atoms in total. The third-order valence-corrected chi connectivity index (χ3v) is 5.95. The van der Waals surface area contributed by atoms with E-state index in [4.69, 9.17) is 5.11 Å². The van der Waals surface area contributed by atoms with Crippen molar-refractivity contribution in [3.05, 3.63) is 29.8 Å². The van der Waals surface area contributed by atoms with Crippen molar-refractivity contribution in [1.29, 1.82) is 0 Å². The molecule has 0 bridgehead atoms. The van der Waals surface area contributed by atoms with Crippen molar-refractivity contribution in [2.24, 2.45) is 5.92 Å². The monoisotopic (exact) mass is 383 g/mol. The van der Waals surface area contributed by atoms with Gasteiger partial charge in [0.1, 0.15) is 0 Å². The molecular formula is C17H25N3O5S. The number of amides is 2. The normalized spacial score (nSPS) is 20.3. The number of carbonyl (C=O) groups is 2. The van der Waals surface area contributed by atoms with Gasteiger partial charge in [0.15, 0.2) is 0 Å². The number of nitrogens with one attached hydrogen (secondary N) is 3. The molecule has 144 valence electrons. The number of urea groups is 1. The Morgan fingerprint density at radius 1 is 1.19 bits per heavy atom. The van der Waals surface area contributed by atoms with E-state index < -0.39 is 16.0 Å². The summed E-state index contributed by atoms with van der Waals surface area (Å²) < 4.78 is 26.4. The van der Waals surface area contributed by atoms with E-state index >= 15 is 0 Å². The van der Waals surface area contributed by atoms with Crippen LogP contribution in [-0.2, 0) is 21.4 Å². The number of carbonyl (C=O) groups excluding carboxylic acids is 1. The third kappa shape index (κ3) is 5.70. The standard InChI is InChI=1S/C17H25N3O5S/c1-2-19-26(24,25)15-5-3-4-12(10-15)11-18-17(23)20-14-8-6-13(7-9-14)16(21)22/h3-5,10,13-14,19H,2,6-9,11H2,1H3,(H,21,22)(H2,18,20,23). The summed E-state index contributed by atoms with van der Waals surface area (Å²) in [6.45, 7) is 2.21. The van der Waals surface area contributed by atoms with Crippen molar-refractivity contribution in [2.45, 2.75) is 50.1 Å². The van der Waals surface area contributed by atoms with Crippen molar-refractivity contribution in [3.63, 3.8) is 0 Å². The molecule has 1 fully saturated rings. The Hall–Kier alpha value is -2.13. The van der Waals surface area contributed by atoms with Gasteiger partial charge >= 0.3 is 12.0 Å². The first-order valence-corrected chi connectivity index (χ1v) is 10.2. The van der Waals surface area contributed by atoms with Crippen molar-refractivity contribution in [2.75, 3.05) is 6.54 Å². The highest BCUT2D eigenvalue weighted by Gasteiger charge is 2.26. The highest BCUT2D eigenvalue weighted by Crippen LogP contribution is 2.24. The van der Waals surface area contributed by atoms with Crippen LogP contribution in [0.5, 0.6) is 0 Å². The second-order valence-corrected chi connectivity index (χ2v) is 8.13. The van der Waals surface area contributed by atoms with Crippen LogP contribution in [0, 0.1) is 5.92 Å². The van der Waals surface area contributed by atoms with Gasteiger partial charge in [0.25, 0.3) is 0 Å². The Morgan fingerprint density at radius 3 is 2.50 bits per heavy atom. The van der Waals surface area contributed by atoms with Crippen molar-refractivity contribution < 1.29 is 23.1 Å². The van der Waals surface area contributed by atoms with Crippen molar-refractivity contribution in [3.8, 4) is 0 Å². The van der Waals surface area contributed by atoms with Crippen LogP contribution in [0.2, 0.25) is 0 Å². The molecule has 0 radical (unpaired) electrons. The number of aliphatic carboxylic acids is 1. The molecule has 1 aromatic rings. The molecule has 26 heavy (non-hydrogen) atoms. The molecule has 0 aliphatic heterocycles. The summed E-state index contributed by atoms with van der Waals surface area (Å²) in [4.78, 5) is 23.1. The van der Waals surface area contributed by atoms with Crippen LogP contribution < -0.4 is 15.4 Å². The first kappa shape index (κ1) is 20.2. The zero-order chi connectivity index (χ0) is 19.2. The van der Waals surface area contributed by atoms with Gasteiger partial charge in [-0.05, 0) is 43.4 Å². The number of rotatable bonds is 7. The maximum absolute atomic E-state index is 12.0. The van der Waals surface area contributed by atoms with Crippen molar-refractivity contribution >= 4 is 22.0 Å². The Balaban J connectivity index is 1.84. The molecule has 9 heteroatoms. The molecule has 0 unspecified atom stereocenters. The van der Waals surface area contributed by atoms with Gasteiger partial charge in [0, 0.05) is 19.1 Å². The molecule has 1 saturated carbocycles. The fourth-order valence-electron chi connectivity index (χ4n) is 3.00. The Morgan fingerprint density at radius 2 is 1.88 bits per heavy atom. The Kier molecular flexibility index (Phi) is 6.98. The van der Waals surface area contributed by atoms with Crippen molar-refractivity contribution in [1.82, 2.24) is 15.4 Å². The Bertz CT molecular complexity index is 743. The predicted octanol–water partition coefficient (Wildman–Crippen LogP) is 1.43. The summed E-state index contributed by atoms with van der Waals surface area (Å²) >= 11 is 0. The maximum atomic E-state index is 12.0. The largest absolute Gasteiger partial charge is 0.481 e. The highest BCUT2D eigenvalue weighted by atomic mass is 32.2. The summed E-state index contributed by atoms with van der Waals surface area (Å²) in [6, 6.07) is 6.02. The van der Waals surface area contributed by atoms with E-state index in [1.165, 1.54) is 12.1 Å². The van der Waals surface area contributed by atoms with Crippen LogP contribution in [0.1, 0.15) is 38.2 Å². The summed E-state index contributed by atoms with van der Waals surface area (Å²) in [6.07, 6.45) is 2.40. The van der Waals surface area contributed by atoms with Gasteiger partial charge in [0.2, 0.25) is 10.0 Å². The average Bonchev–Trinajstić information content (AvgIpc) is 2.61. The van der Waals surface area contributed by atoms with E-state index in [2.05, 4.69) is 15.4 Å². The van der Waals surface area contributed by atoms with Crippen LogP contribution in [0.15, 0.2) is 29.2 Å². The molecule has 0 heterocycles. The van der Waals surface area contributed by atoms with E-state index in [1.54, 1.807) is 19.1 Å². The molecular weight excluding hydrogens is 358 g/mol. The minimum Gasteiger partial charge on any atom is -0.481 e. The number of hydrogen-bond acceptors (Lipinski definition) is 4. The minimum atomic E-state index is -3.53. The quantitative estimate of drug-likeness (QED) is 0.567. The molecule has 4 N–H and O–H groups in total. The van der Waals surface area contributed by atoms with Crippen LogP contribution in [0.3, 0.4) is 0 Å². The minimum absolute atomic E-state index is 0.0360. The third-order valence-electron chi connectivity index (χ3n) is 4.41. The number of hydrogen-bond donors (Lipinski definition) is 4. The fourth-order valence-corrected chi connectivity index (χ4v) is 4.11. The topological polar surface area (TPSA) is 125 Å². The lowest BCUT2D eigenvalue weighted by Gasteiger charge is -2.26. The van der Waals surface area contributed by atoms with Crippen LogP contribution >= 0.6 is 0 Å². The number of carboxylic acids is 1. The lowest BCUT2D eigenvalue weighted by atomic mass is 9.86. The first-order valence-electron chi connectivity index (χ1n) is 8.67. The Labute approximate surface area is 153 Å². The van der Waals surface area contributed by atoms with Gasteiger partial charge in [0.05, 0.1) is 10.8 Å². The molecule has 2 amide bonds. The second-order valence-electron chi connectivity index (χ2n) is 6.36. The molecule has 0 saturated heterocycles. The lowest BCUT2D eigenvalue weighted by Crippen LogP contribution is -2.43. The predicted molar refractivity (Wildman–Crippen MR) is 96.1 cm³/mol. The van der Waals surface area contributed by atoms with E-state index in [9.17, 15) is 18.0 Å². The number of sulfonamides is 1. The summed E-state index contributed by atoms with van der Waals surface area (Å²) in [5.41, 5.74) is 0.675. The van der Waals surface area contributed by atoms with Gasteiger partial charge in [-0.25, -0.2) is 17.9 Å².